The van der Waals surface area contributed by atoms with Crippen LogP contribution in [0.3, 0.4) is 0 Å². The third kappa shape index (κ3) is 4.22. The van der Waals surface area contributed by atoms with E-state index in [0.717, 1.165) is 17.7 Å². The maximum atomic E-state index is 12.1. The molecule has 0 spiro atoms. The number of hydrogen-bond acceptors (Lipinski definition) is 4. The van der Waals surface area contributed by atoms with Crippen LogP contribution in [0.5, 0.6) is 5.75 Å². The van der Waals surface area contributed by atoms with E-state index in [1.165, 1.54) is 10.7 Å². The summed E-state index contributed by atoms with van der Waals surface area (Å²) >= 11 is 0. The largest absolute Gasteiger partial charge is 0.494 e. The molecule has 0 radical (unpaired) electrons. The predicted octanol–water partition coefficient (Wildman–Crippen LogP) is 2.40. The van der Waals surface area contributed by atoms with E-state index in [9.17, 15) is 9.59 Å². The molecule has 0 aliphatic rings. The molecule has 0 saturated heterocycles. The van der Waals surface area contributed by atoms with Gasteiger partial charge in [0.05, 0.1) is 12.3 Å². The Morgan fingerprint density at radius 3 is 2.54 bits per heavy atom. The third-order valence-corrected chi connectivity index (χ3v) is 3.58. The van der Waals surface area contributed by atoms with E-state index in [4.69, 9.17) is 4.74 Å². The monoisotopic (exact) mass is 329 g/mol. The predicted molar refractivity (Wildman–Crippen MR) is 93.1 cm³/mol. The normalized spacial score (nSPS) is 11.8. The molecule has 2 aromatic rings. The molecule has 0 saturated carbocycles. The van der Waals surface area contributed by atoms with Crippen LogP contribution in [0.2, 0.25) is 0 Å². The van der Waals surface area contributed by atoms with E-state index in [0.29, 0.717) is 18.8 Å². The molecule has 1 unspecified atom stereocenters. The topological polar surface area (TPSA) is 73.2 Å². The van der Waals surface area contributed by atoms with E-state index in [1.54, 1.807) is 13.0 Å². The number of nitrogens with zero attached hydrogens (tertiary/aromatic N) is 2. The molecule has 1 atom stereocenters. The Morgan fingerprint density at radius 2 is 1.92 bits per heavy atom. The van der Waals surface area contributed by atoms with Crippen LogP contribution in [0.1, 0.15) is 33.2 Å². The highest BCUT2D eigenvalue weighted by molar-refractivity contribution is 5.79. The van der Waals surface area contributed by atoms with Gasteiger partial charge in [-0.15, -0.1) is 0 Å². The quantitative estimate of drug-likeness (QED) is 0.846. The minimum Gasteiger partial charge on any atom is -0.494 e. The first-order valence-electron chi connectivity index (χ1n) is 8.17. The van der Waals surface area contributed by atoms with Gasteiger partial charge in [-0.1, -0.05) is 6.92 Å². The molecular formula is C18H23N3O3. The first kappa shape index (κ1) is 17.7. The zero-order valence-electron chi connectivity index (χ0n) is 14.3. The fourth-order valence-electron chi connectivity index (χ4n) is 2.25. The molecule has 6 nitrogen and oxygen atoms in total. The molecule has 0 fully saturated rings. The number of nitrogens with one attached hydrogen (secondary N) is 1. The standard InChI is InChI=1S/C18H23N3O3/c1-4-12-19-18(23)13(3)21-17(22)11-10-16(20-21)14-6-8-15(9-7-14)24-5-2/h6-11,13H,4-5,12H2,1-3H3,(H,19,23). The molecule has 1 aromatic heterocycles. The second kappa shape index (κ2) is 8.29. The van der Waals surface area contributed by atoms with Crippen molar-refractivity contribution in [3.63, 3.8) is 0 Å². The van der Waals surface area contributed by atoms with Gasteiger partial charge in [0, 0.05) is 18.2 Å². The lowest BCUT2D eigenvalue weighted by atomic mass is 10.1. The van der Waals surface area contributed by atoms with Gasteiger partial charge >= 0.3 is 0 Å². The van der Waals surface area contributed by atoms with Crippen molar-refractivity contribution in [2.24, 2.45) is 0 Å². The molecule has 6 heteroatoms. The van der Waals surface area contributed by atoms with Gasteiger partial charge in [0.2, 0.25) is 5.91 Å². The van der Waals surface area contributed by atoms with Crippen molar-refractivity contribution in [3.8, 4) is 17.0 Å². The Bertz CT molecular complexity index is 738. The zero-order chi connectivity index (χ0) is 17.5. The third-order valence-electron chi connectivity index (χ3n) is 3.58. The van der Waals surface area contributed by atoms with Crippen molar-refractivity contribution < 1.29 is 9.53 Å². The van der Waals surface area contributed by atoms with E-state index < -0.39 is 6.04 Å². The maximum absolute atomic E-state index is 12.1. The van der Waals surface area contributed by atoms with Gasteiger partial charge in [0.15, 0.2) is 0 Å². The van der Waals surface area contributed by atoms with Crippen LogP contribution in [-0.4, -0.2) is 28.8 Å². The highest BCUT2D eigenvalue weighted by Crippen LogP contribution is 2.20. The Labute approximate surface area is 141 Å². The Hall–Kier alpha value is -2.63. The summed E-state index contributed by atoms with van der Waals surface area (Å²) in [6, 6.07) is 9.90. The van der Waals surface area contributed by atoms with Crippen molar-refractivity contribution >= 4 is 5.91 Å². The number of carbonyl (C=O) groups excluding carboxylic acids is 1. The Kier molecular flexibility index (Phi) is 6.12. The zero-order valence-corrected chi connectivity index (χ0v) is 14.3. The van der Waals surface area contributed by atoms with Crippen LogP contribution in [0, 0.1) is 0 Å². The van der Waals surface area contributed by atoms with Crippen LogP contribution >= 0.6 is 0 Å². The molecular weight excluding hydrogens is 306 g/mol. The molecule has 0 aliphatic heterocycles. The van der Waals surface area contributed by atoms with Gasteiger partial charge in [-0.2, -0.15) is 5.10 Å². The minimum absolute atomic E-state index is 0.213. The summed E-state index contributed by atoms with van der Waals surface area (Å²) in [6.45, 7) is 6.75. The number of aromatic nitrogens is 2. The summed E-state index contributed by atoms with van der Waals surface area (Å²) in [5.41, 5.74) is 1.19. The number of hydrogen-bond donors (Lipinski definition) is 1. The number of rotatable bonds is 7. The fraction of sp³-hybridized carbons (Fsp3) is 0.389. The number of carbonyl (C=O) groups is 1. The smallest absolute Gasteiger partial charge is 0.267 e. The highest BCUT2D eigenvalue weighted by atomic mass is 16.5. The van der Waals surface area contributed by atoms with Crippen LogP contribution < -0.4 is 15.6 Å². The summed E-state index contributed by atoms with van der Waals surface area (Å²) in [4.78, 5) is 24.2. The number of amides is 1. The lowest BCUT2D eigenvalue weighted by Gasteiger charge is -2.14. The summed E-state index contributed by atoms with van der Waals surface area (Å²) in [5.74, 6) is 0.567. The number of benzene rings is 1. The molecule has 1 aromatic carbocycles. The SMILES string of the molecule is CCCNC(=O)C(C)n1nc(-c2ccc(OCC)cc2)ccc1=O. The molecule has 24 heavy (non-hydrogen) atoms. The average Bonchev–Trinajstić information content (AvgIpc) is 2.60. The summed E-state index contributed by atoms with van der Waals surface area (Å²) in [5, 5.41) is 7.13. The molecule has 0 bridgehead atoms. The summed E-state index contributed by atoms with van der Waals surface area (Å²) < 4.78 is 6.64. The molecule has 0 aliphatic carbocycles. The first-order valence-corrected chi connectivity index (χ1v) is 8.17. The van der Waals surface area contributed by atoms with E-state index in [1.807, 2.05) is 38.1 Å². The molecule has 2 rings (SSSR count). The highest BCUT2D eigenvalue weighted by Gasteiger charge is 2.17. The van der Waals surface area contributed by atoms with Crippen molar-refractivity contribution in [3.05, 3.63) is 46.8 Å². The summed E-state index contributed by atoms with van der Waals surface area (Å²) in [7, 11) is 0. The molecule has 128 valence electrons. The number of ether oxygens (including phenoxy) is 1. The van der Waals surface area contributed by atoms with Crippen LogP contribution in [0.15, 0.2) is 41.2 Å². The lowest BCUT2D eigenvalue weighted by molar-refractivity contribution is -0.124. The lowest BCUT2D eigenvalue weighted by Crippen LogP contribution is -2.37. The first-order chi connectivity index (χ1) is 11.6. The van der Waals surface area contributed by atoms with E-state index >= 15 is 0 Å². The summed E-state index contributed by atoms with van der Waals surface area (Å²) in [6.07, 6.45) is 0.840. The maximum Gasteiger partial charge on any atom is 0.267 e. The van der Waals surface area contributed by atoms with Crippen molar-refractivity contribution in [1.29, 1.82) is 0 Å². The molecule has 1 heterocycles. The second-order valence-corrected chi connectivity index (χ2v) is 5.43. The van der Waals surface area contributed by atoms with Crippen molar-refractivity contribution in [2.75, 3.05) is 13.2 Å². The fourth-order valence-corrected chi connectivity index (χ4v) is 2.25. The molecule has 1 N–H and O–H groups in total. The van der Waals surface area contributed by atoms with Crippen molar-refractivity contribution in [2.45, 2.75) is 33.2 Å². The van der Waals surface area contributed by atoms with Crippen LogP contribution in [-0.2, 0) is 4.79 Å². The molecule has 1 amide bonds. The second-order valence-electron chi connectivity index (χ2n) is 5.43. The van der Waals surface area contributed by atoms with Gasteiger partial charge in [0.25, 0.3) is 5.56 Å². The van der Waals surface area contributed by atoms with Gasteiger partial charge in [-0.25, -0.2) is 4.68 Å². The van der Waals surface area contributed by atoms with E-state index in [-0.39, 0.29) is 11.5 Å². The van der Waals surface area contributed by atoms with Gasteiger partial charge in [-0.05, 0) is 50.6 Å². The Morgan fingerprint density at radius 1 is 1.21 bits per heavy atom. The Balaban J connectivity index is 2.27. The van der Waals surface area contributed by atoms with Gasteiger partial charge < -0.3 is 10.1 Å². The van der Waals surface area contributed by atoms with Crippen molar-refractivity contribution in [1.82, 2.24) is 15.1 Å². The van der Waals surface area contributed by atoms with E-state index in [2.05, 4.69) is 10.4 Å². The van der Waals surface area contributed by atoms with Crippen LogP contribution in [0.25, 0.3) is 11.3 Å². The van der Waals surface area contributed by atoms with Gasteiger partial charge in [-0.3, -0.25) is 9.59 Å². The average molecular weight is 329 g/mol. The minimum atomic E-state index is -0.660. The van der Waals surface area contributed by atoms with Crippen LogP contribution in [0.4, 0.5) is 0 Å². The van der Waals surface area contributed by atoms with Gasteiger partial charge in [0.1, 0.15) is 11.8 Å².